The number of carbonyl (C=O) groups is 2. The number of nitrogens with one attached hydrogen (secondary N) is 1. The molecule has 0 radical (unpaired) electrons. The summed E-state index contributed by atoms with van der Waals surface area (Å²) in [5.41, 5.74) is 1.36. The van der Waals surface area contributed by atoms with Crippen molar-refractivity contribution in [1.82, 2.24) is 0 Å². The second-order valence-corrected chi connectivity index (χ2v) is 5.51. The van der Waals surface area contributed by atoms with Crippen LogP contribution in [-0.4, -0.2) is 18.0 Å². The first kappa shape index (κ1) is 18.5. The van der Waals surface area contributed by atoms with Gasteiger partial charge in [0.2, 0.25) is 0 Å². The lowest BCUT2D eigenvalue weighted by Crippen LogP contribution is -2.30. The van der Waals surface area contributed by atoms with Crippen LogP contribution in [0.2, 0.25) is 0 Å². The highest BCUT2D eigenvalue weighted by molar-refractivity contribution is 5.98. The van der Waals surface area contributed by atoms with Gasteiger partial charge in [-0.15, -0.1) is 0 Å². The zero-order valence-corrected chi connectivity index (χ0v) is 13.8. The predicted molar refractivity (Wildman–Crippen MR) is 85.7 cm³/mol. The number of esters is 1. The molecule has 2 rings (SSSR count). The SMILES string of the molecule is Cc1cccc(C(=O)O[C@H](C)C(=O)Nc2ccc(F)c(F)c2F)c1C. The van der Waals surface area contributed by atoms with E-state index in [1.165, 1.54) is 6.92 Å². The number of benzene rings is 2. The van der Waals surface area contributed by atoms with Crippen LogP contribution in [0.25, 0.3) is 0 Å². The third kappa shape index (κ3) is 3.99. The predicted octanol–water partition coefficient (Wildman–Crippen LogP) is 3.90. The van der Waals surface area contributed by atoms with Gasteiger partial charge >= 0.3 is 5.97 Å². The molecule has 0 aliphatic heterocycles. The molecule has 1 atom stereocenters. The van der Waals surface area contributed by atoms with E-state index >= 15 is 0 Å². The van der Waals surface area contributed by atoms with Gasteiger partial charge in [-0.2, -0.15) is 0 Å². The maximum absolute atomic E-state index is 13.6. The minimum absolute atomic E-state index is 0.304. The molecular formula is C18H16F3NO3. The summed E-state index contributed by atoms with van der Waals surface area (Å²) in [5, 5.41) is 2.06. The lowest BCUT2D eigenvalue weighted by molar-refractivity contribution is -0.123. The first-order valence-electron chi connectivity index (χ1n) is 7.44. The fourth-order valence-corrected chi connectivity index (χ4v) is 2.11. The molecule has 0 fully saturated rings. The van der Waals surface area contributed by atoms with Crippen LogP contribution in [-0.2, 0) is 9.53 Å². The first-order chi connectivity index (χ1) is 11.7. The lowest BCUT2D eigenvalue weighted by Gasteiger charge is -2.15. The standard InChI is InChI=1S/C18H16F3NO3/c1-9-5-4-6-12(10(9)2)18(24)25-11(3)17(23)22-14-8-7-13(19)15(20)16(14)21/h4-8,11H,1-3H3,(H,22,23)/t11-/m1/s1. The number of anilines is 1. The van der Waals surface area contributed by atoms with E-state index in [0.29, 0.717) is 17.2 Å². The molecule has 4 nitrogen and oxygen atoms in total. The Labute approximate surface area is 142 Å². The summed E-state index contributed by atoms with van der Waals surface area (Å²) in [7, 11) is 0. The van der Waals surface area contributed by atoms with Crippen molar-refractivity contribution in [3.63, 3.8) is 0 Å². The van der Waals surface area contributed by atoms with Crippen LogP contribution in [0.15, 0.2) is 30.3 Å². The van der Waals surface area contributed by atoms with Crippen LogP contribution in [0.1, 0.15) is 28.4 Å². The minimum atomic E-state index is -1.70. The fourth-order valence-electron chi connectivity index (χ4n) is 2.11. The second-order valence-electron chi connectivity index (χ2n) is 5.51. The highest BCUT2D eigenvalue weighted by Gasteiger charge is 2.22. The molecule has 0 spiro atoms. The zero-order valence-electron chi connectivity index (χ0n) is 13.8. The molecule has 0 bridgehead atoms. The molecule has 0 saturated heterocycles. The van der Waals surface area contributed by atoms with Gasteiger partial charge in [-0.25, -0.2) is 18.0 Å². The Morgan fingerprint density at radius 1 is 1.04 bits per heavy atom. The van der Waals surface area contributed by atoms with E-state index in [1.54, 1.807) is 19.1 Å². The van der Waals surface area contributed by atoms with E-state index in [9.17, 15) is 22.8 Å². The number of carbonyl (C=O) groups excluding carboxylic acids is 2. The van der Waals surface area contributed by atoms with Crippen molar-refractivity contribution in [2.24, 2.45) is 0 Å². The molecule has 7 heteroatoms. The fraction of sp³-hybridized carbons (Fsp3) is 0.222. The van der Waals surface area contributed by atoms with Crippen molar-refractivity contribution in [3.05, 3.63) is 64.5 Å². The summed E-state index contributed by atoms with van der Waals surface area (Å²) in [5.74, 6) is -6.18. The monoisotopic (exact) mass is 351 g/mol. The minimum Gasteiger partial charge on any atom is -0.449 e. The molecule has 0 heterocycles. The number of halogens is 3. The van der Waals surface area contributed by atoms with Gasteiger partial charge in [0.05, 0.1) is 11.3 Å². The van der Waals surface area contributed by atoms with Gasteiger partial charge in [0.15, 0.2) is 23.6 Å². The summed E-state index contributed by atoms with van der Waals surface area (Å²) >= 11 is 0. The molecule has 2 aromatic carbocycles. The van der Waals surface area contributed by atoms with Crippen molar-refractivity contribution in [2.75, 3.05) is 5.32 Å². The average molecular weight is 351 g/mol. The normalized spacial score (nSPS) is 11.8. The average Bonchev–Trinajstić information content (AvgIpc) is 2.57. The summed E-state index contributed by atoms with van der Waals surface area (Å²) in [6.07, 6.45) is -1.26. The Kier molecular flexibility index (Phi) is 5.46. The lowest BCUT2D eigenvalue weighted by atomic mass is 10.0. The topological polar surface area (TPSA) is 55.4 Å². The largest absolute Gasteiger partial charge is 0.449 e. The molecule has 1 amide bonds. The molecule has 132 valence electrons. The van der Waals surface area contributed by atoms with E-state index in [-0.39, 0.29) is 0 Å². The van der Waals surface area contributed by atoms with E-state index in [1.807, 2.05) is 13.0 Å². The number of hydrogen-bond acceptors (Lipinski definition) is 3. The van der Waals surface area contributed by atoms with Crippen LogP contribution >= 0.6 is 0 Å². The maximum atomic E-state index is 13.6. The summed E-state index contributed by atoms with van der Waals surface area (Å²) in [6, 6.07) is 6.63. The van der Waals surface area contributed by atoms with Crippen molar-refractivity contribution in [1.29, 1.82) is 0 Å². The van der Waals surface area contributed by atoms with Crippen LogP contribution in [0, 0.1) is 31.3 Å². The van der Waals surface area contributed by atoms with E-state index in [2.05, 4.69) is 5.32 Å². The Morgan fingerprint density at radius 2 is 1.72 bits per heavy atom. The van der Waals surface area contributed by atoms with Crippen LogP contribution < -0.4 is 5.32 Å². The van der Waals surface area contributed by atoms with Crippen molar-refractivity contribution >= 4 is 17.6 Å². The number of rotatable bonds is 4. The summed E-state index contributed by atoms with van der Waals surface area (Å²) < 4.78 is 44.7. The van der Waals surface area contributed by atoms with Crippen LogP contribution in [0.5, 0.6) is 0 Å². The molecule has 0 aromatic heterocycles. The van der Waals surface area contributed by atoms with Crippen molar-refractivity contribution in [3.8, 4) is 0 Å². The Bertz CT molecular complexity index is 837. The number of hydrogen-bond donors (Lipinski definition) is 1. The molecule has 0 saturated carbocycles. The van der Waals surface area contributed by atoms with Gasteiger partial charge in [0, 0.05) is 0 Å². The van der Waals surface area contributed by atoms with Crippen molar-refractivity contribution < 1.29 is 27.5 Å². The Hall–Kier alpha value is -2.83. The number of ether oxygens (including phenoxy) is 1. The smallest absolute Gasteiger partial charge is 0.339 e. The molecular weight excluding hydrogens is 335 g/mol. The van der Waals surface area contributed by atoms with E-state index in [4.69, 9.17) is 4.74 Å². The van der Waals surface area contributed by atoms with Gasteiger partial charge in [-0.3, -0.25) is 4.79 Å². The quantitative estimate of drug-likeness (QED) is 0.671. The number of amides is 1. The number of aryl methyl sites for hydroxylation is 1. The molecule has 25 heavy (non-hydrogen) atoms. The third-order valence-electron chi connectivity index (χ3n) is 3.77. The first-order valence-corrected chi connectivity index (χ1v) is 7.44. The van der Waals surface area contributed by atoms with Gasteiger partial charge in [-0.05, 0) is 50.1 Å². The molecule has 1 N–H and O–H groups in total. The van der Waals surface area contributed by atoms with Crippen LogP contribution in [0.4, 0.5) is 18.9 Å². The highest BCUT2D eigenvalue weighted by atomic mass is 19.2. The van der Waals surface area contributed by atoms with Gasteiger partial charge in [0.25, 0.3) is 5.91 Å². The highest BCUT2D eigenvalue weighted by Crippen LogP contribution is 2.20. The zero-order chi connectivity index (χ0) is 18.7. The molecule has 2 aromatic rings. The van der Waals surface area contributed by atoms with E-state index in [0.717, 1.165) is 11.6 Å². The molecule has 0 aliphatic rings. The van der Waals surface area contributed by atoms with Gasteiger partial charge < -0.3 is 10.1 Å². The molecule has 0 aliphatic carbocycles. The third-order valence-corrected chi connectivity index (χ3v) is 3.77. The van der Waals surface area contributed by atoms with Gasteiger partial charge in [0.1, 0.15) is 0 Å². The van der Waals surface area contributed by atoms with E-state index < -0.39 is 41.1 Å². The summed E-state index contributed by atoms with van der Waals surface area (Å²) in [4.78, 5) is 24.2. The van der Waals surface area contributed by atoms with Crippen LogP contribution in [0.3, 0.4) is 0 Å². The van der Waals surface area contributed by atoms with Crippen molar-refractivity contribution in [2.45, 2.75) is 26.9 Å². The summed E-state index contributed by atoms with van der Waals surface area (Å²) in [6.45, 7) is 4.86. The Morgan fingerprint density at radius 3 is 2.40 bits per heavy atom. The Balaban J connectivity index is 2.09. The molecule has 0 unspecified atom stereocenters. The second kappa shape index (κ2) is 7.38. The van der Waals surface area contributed by atoms with Gasteiger partial charge in [-0.1, -0.05) is 12.1 Å². The maximum Gasteiger partial charge on any atom is 0.339 e.